The number of benzene rings is 2. The minimum absolute atomic E-state index is 0.398. The van der Waals surface area contributed by atoms with Crippen LogP contribution < -0.4 is 15.0 Å². The van der Waals surface area contributed by atoms with Gasteiger partial charge in [0.05, 0.1) is 5.69 Å². The molecule has 3 heterocycles. The topological polar surface area (TPSA) is 73.5 Å². The number of piperazine rings is 1. The highest BCUT2D eigenvalue weighted by Gasteiger charge is 2.25. The highest BCUT2D eigenvalue weighted by atomic mass is 35.5. The first-order valence-electron chi connectivity index (χ1n) is 10.4. The summed E-state index contributed by atoms with van der Waals surface area (Å²) in [5.41, 5.74) is 5.28. The first kappa shape index (κ1) is 19.9. The van der Waals surface area contributed by atoms with Gasteiger partial charge >= 0.3 is 6.09 Å². The normalized spacial score (nSPS) is 19.0. The molecular weight excluding hydrogens is 414 g/mol. The molecule has 7 nitrogen and oxygen atoms in total. The Labute approximate surface area is 185 Å². The number of anilines is 1. The van der Waals surface area contributed by atoms with Gasteiger partial charge in [-0.3, -0.25) is 10.00 Å². The molecule has 31 heavy (non-hydrogen) atoms. The number of H-pyrrole nitrogens is 1. The summed E-state index contributed by atoms with van der Waals surface area (Å²) in [5.74, 6) is 0.608. The van der Waals surface area contributed by atoms with Crippen molar-refractivity contribution in [3.63, 3.8) is 0 Å². The van der Waals surface area contributed by atoms with Crippen molar-refractivity contribution < 1.29 is 9.53 Å². The third-order valence-electron chi connectivity index (χ3n) is 5.94. The van der Waals surface area contributed by atoms with Crippen LogP contribution in [-0.2, 0) is 13.1 Å². The molecule has 0 saturated carbocycles. The summed E-state index contributed by atoms with van der Waals surface area (Å²) in [5, 5.41) is 11.0. The van der Waals surface area contributed by atoms with E-state index in [1.165, 1.54) is 5.69 Å². The number of rotatable bonds is 4. The Morgan fingerprint density at radius 2 is 2.03 bits per heavy atom. The minimum atomic E-state index is -0.410. The van der Waals surface area contributed by atoms with E-state index in [-0.39, 0.29) is 0 Å². The molecule has 8 heteroatoms. The lowest BCUT2D eigenvalue weighted by Crippen LogP contribution is -2.51. The highest BCUT2D eigenvalue weighted by molar-refractivity contribution is 6.30. The summed E-state index contributed by atoms with van der Waals surface area (Å²) < 4.78 is 5.22. The summed E-state index contributed by atoms with van der Waals surface area (Å²) >= 11 is 6.04. The maximum Gasteiger partial charge on any atom is 0.412 e. The largest absolute Gasteiger partial charge is 0.412 e. The van der Waals surface area contributed by atoms with Crippen molar-refractivity contribution in [3.8, 4) is 17.0 Å². The van der Waals surface area contributed by atoms with E-state index in [9.17, 15) is 4.79 Å². The first-order valence-corrected chi connectivity index (χ1v) is 10.8. The molecule has 0 radical (unpaired) electrons. The molecule has 2 aromatic carbocycles. The number of nitrogens with zero attached hydrogens (tertiary/aromatic N) is 3. The summed E-state index contributed by atoms with van der Waals surface area (Å²) in [6.45, 7) is 6.46. The molecule has 160 valence electrons. The Morgan fingerprint density at radius 1 is 1.19 bits per heavy atom. The van der Waals surface area contributed by atoms with E-state index in [0.717, 1.165) is 53.6 Å². The van der Waals surface area contributed by atoms with Gasteiger partial charge in [0, 0.05) is 72.4 Å². The van der Waals surface area contributed by atoms with Crippen molar-refractivity contribution in [1.29, 1.82) is 0 Å². The first-order chi connectivity index (χ1) is 15.1. The predicted octanol–water partition coefficient (Wildman–Crippen LogP) is 4.04. The standard InChI is InChI=1S/C23H24ClN5O2/c1-15-13-28(8-9-29(15)20-5-3-19(24)4-6-20)14-18-12-26-27-22(18)16-2-7-21-17(10-16)11-25-23(30)31-21/h2-7,10,12,15H,8-9,11,13-14H2,1H3,(H,25,30)(H,26,27). The number of ether oxygens (including phenoxy) is 1. The van der Waals surface area contributed by atoms with E-state index >= 15 is 0 Å². The average Bonchev–Trinajstić information content (AvgIpc) is 3.22. The Kier molecular flexibility index (Phi) is 5.29. The predicted molar refractivity (Wildman–Crippen MR) is 120 cm³/mol. The molecule has 2 N–H and O–H groups in total. The summed E-state index contributed by atoms with van der Waals surface area (Å²) in [6, 6.07) is 14.3. The second kappa shape index (κ2) is 8.24. The van der Waals surface area contributed by atoms with Gasteiger partial charge in [0.2, 0.25) is 0 Å². The van der Waals surface area contributed by atoms with Crippen molar-refractivity contribution in [2.24, 2.45) is 0 Å². The van der Waals surface area contributed by atoms with Gasteiger partial charge in [-0.2, -0.15) is 5.10 Å². The molecule has 2 aliphatic heterocycles. The third-order valence-corrected chi connectivity index (χ3v) is 6.19. The maximum atomic E-state index is 11.4. The van der Waals surface area contributed by atoms with Crippen LogP contribution in [0, 0.1) is 0 Å². The van der Waals surface area contributed by atoms with Crippen LogP contribution >= 0.6 is 11.6 Å². The molecule has 1 aromatic heterocycles. The van der Waals surface area contributed by atoms with Crippen LogP contribution in [0.3, 0.4) is 0 Å². The molecule has 3 aromatic rings. The van der Waals surface area contributed by atoms with Gasteiger partial charge < -0.3 is 15.0 Å². The number of aromatic nitrogens is 2. The molecule has 1 saturated heterocycles. The van der Waals surface area contributed by atoms with Gasteiger partial charge in [-0.25, -0.2) is 4.79 Å². The molecule has 0 bridgehead atoms. The minimum Gasteiger partial charge on any atom is -0.410 e. The number of amides is 1. The highest BCUT2D eigenvalue weighted by Crippen LogP contribution is 2.30. The van der Waals surface area contributed by atoms with Crippen molar-refractivity contribution in [3.05, 3.63) is 64.8 Å². The quantitative estimate of drug-likeness (QED) is 0.644. The number of carbonyl (C=O) groups is 1. The van der Waals surface area contributed by atoms with Gasteiger partial charge in [0.25, 0.3) is 0 Å². The molecule has 2 aliphatic rings. The van der Waals surface area contributed by atoms with Gasteiger partial charge in [-0.15, -0.1) is 0 Å². The fraction of sp³-hybridized carbons (Fsp3) is 0.304. The Balaban J connectivity index is 1.29. The van der Waals surface area contributed by atoms with Crippen molar-refractivity contribution >= 4 is 23.4 Å². The number of hydrogen-bond donors (Lipinski definition) is 2. The SMILES string of the molecule is CC1CN(Cc2c[nH]nc2-c2ccc3c(c2)CNC(=O)O3)CCN1c1ccc(Cl)cc1. The second-order valence-corrected chi connectivity index (χ2v) is 8.52. The fourth-order valence-electron chi connectivity index (χ4n) is 4.39. The molecule has 1 fully saturated rings. The van der Waals surface area contributed by atoms with Crippen molar-refractivity contribution in [2.45, 2.75) is 26.1 Å². The lowest BCUT2D eigenvalue weighted by Gasteiger charge is -2.41. The lowest BCUT2D eigenvalue weighted by atomic mass is 10.0. The number of halogens is 1. The van der Waals surface area contributed by atoms with E-state index in [4.69, 9.17) is 16.3 Å². The third kappa shape index (κ3) is 4.11. The number of nitrogens with one attached hydrogen (secondary N) is 2. The number of fused-ring (bicyclic) bond motifs is 1. The second-order valence-electron chi connectivity index (χ2n) is 8.08. The van der Waals surface area contributed by atoms with E-state index in [2.05, 4.69) is 44.4 Å². The van der Waals surface area contributed by atoms with Crippen LogP contribution in [0.15, 0.2) is 48.7 Å². The molecule has 1 atom stereocenters. The number of aromatic amines is 1. The molecular formula is C23H24ClN5O2. The van der Waals surface area contributed by atoms with E-state index in [1.807, 2.05) is 36.5 Å². The van der Waals surface area contributed by atoms with Crippen LogP contribution in [0.4, 0.5) is 10.5 Å². The van der Waals surface area contributed by atoms with E-state index in [0.29, 0.717) is 18.3 Å². The smallest absolute Gasteiger partial charge is 0.410 e. The maximum absolute atomic E-state index is 11.4. The Morgan fingerprint density at radius 3 is 2.84 bits per heavy atom. The number of carbonyl (C=O) groups excluding carboxylic acids is 1. The summed E-state index contributed by atoms with van der Waals surface area (Å²) in [4.78, 5) is 16.3. The zero-order chi connectivity index (χ0) is 21.4. The Hall–Kier alpha value is -3.03. The summed E-state index contributed by atoms with van der Waals surface area (Å²) in [7, 11) is 0. The van der Waals surface area contributed by atoms with Gasteiger partial charge in [-0.1, -0.05) is 11.6 Å². The van der Waals surface area contributed by atoms with Crippen LogP contribution in [0.5, 0.6) is 5.75 Å². The molecule has 0 spiro atoms. The van der Waals surface area contributed by atoms with Crippen LogP contribution in [-0.4, -0.2) is 46.9 Å². The van der Waals surface area contributed by atoms with Gasteiger partial charge in [0.15, 0.2) is 0 Å². The fourth-order valence-corrected chi connectivity index (χ4v) is 4.51. The molecule has 1 amide bonds. The Bertz CT molecular complexity index is 1100. The van der Waals surface area contributed by atoms with Crippen LogP contribution in [0.25, 0.3) is 11.3 Å². The van der Waals surface area contributed by atoms with E-state index in [1.54, 1.807) is 0 Å². The van der Waals surface area contributed by atoms with Crippen molar-refractivity contribution in [1.82, 2.24) is 20.4 Å². The van der Waals surface area contributed by atoms with Gasteiger partial charge in [0.1, 0.15) is 5.75 Å². The van der Waals surface area contributed by atoms with Gasteiger partial charge in [-0.05, 0) is 49.4 Å². The number of hydrogen-bond acceptors (Lipinski definition) is 5. The molecule has 0 aliphatic carbocycles. The van der Waals surface area contributed by atoms with Crippen LogP contribution in [0.1, 0.15) is 18.1 Å². The monoisotopic (exact) mass is 437 g/mol. The average molecular weight is 438 g/mol. The summed E-state index contributed by atoms with van der Waals surface area (Å²) in [6.07, 6.45) is 1.57. The lowest BCUT2D eigenvalue weighted by molar-refractivity contribution is 0.194. The zero-order valence-corrected chi connectivity index (χ0v) is 18.0. The van der Waals surface area contributed by atoms with Crippen LogP contribution in [0.2, 0.25) is 5.02 Å². The molecule has 5 rings (SSSR count). The molecule has 1 unspecified atom stereocenters. The van der Waals surface area contributed by atoms with E-state index < -0.39 is 6.09 Å². The zero-order valence-electron chi connectivity index (χ0n) is 17.3. The van der Waals surface area contributed by atoms with Crippen molar-refractivity contribution in [2.75, 3.05) is 24.5 Å².